The first-order chi connectivity index (χ1) is 9.43. The average Bonchev–Trinajstić information content (AvgIpc) is 2.73. The van der Waals surface area contributed by atoms with Gasteiger partial charge in [-0.05, 0) is 38.0 Å². The fourth-order valence-corrected chi connectivity index (χ4v) is 2.31. The summed E-state index contributed by atoms with van der Waals surface area (Å²) in [4.78, 5) is 12.4. The molecule has 6 nitrogen and oxygen atoms in total. The first-order valence-corrected chi connectivity index (χ1v) is 7.09. The van der Waals surface area contributed by atoms with Gasteiger partial charge in [0.1, 0.15) is 0 Å². The topological polar surface area (TPSA) is 68.5 Å². The highest BCUT2D eigenvalue weighted by Gasteiger charge is 2.15. The summed E-state index contributed by atoms with van der Waals surface area (Å²) in [6, 6.07) is 1.76. The van der Waals surface area contributed by atoms with Crippen molar-refractivity contribution in [2.24, 2.45) is 5.92 Å². The smallest absolute Gasteiger partial charge is 0.277 e. The van der Waals surface area contributed by atoms with Gasteiger partial charge < -0.3 is 0 Å². The summed E-state index contributed by atoms with van der Waals surface area (Å²) < 4.78 is 3.85. The standard InChI is InChI=1S/C13H19N5OS/c1-5-18-12(19)10(6-9(4)16-18)11-14-15-13(20)17(11)7-8(2)3/h6,8H,5,7H2,1-4H3,(H,15,20). The second kappa shape index (κ2) is 5.70. The van der Waals surface area contributed by atoms with Gasteiger partial charge in [0.25, 0.3) is 5.56 Å². The van der Waals surface area contributed by atoms with Crippen LogP contribution in [-0.2, 0) is 13.1 Å². The number of hydrogen-bond acceptors (Lipinski definition) is 4. The molecule has 0 fully saturated rings. The van der Waals surface area contributed by atoms with Crippen molar-refractivity contribution in [3.05, 3.63) is 26.9 Å². The van der Waals surface area contributed by atoms with Crippen LogP contribution in [0.5, 0.6) is 0 Å². The summed E-state index contributed by atoms with van der Waals surface area (Å²) >= 11 is 5.25. The van der Waals surface area contributed by atoms with Gasteiger partial charge in [0, 0.05) is 13.1 Å². The monoisotopic (exact) mass is 293 g/mol. The molecule has 2 heterocycles. The van der Waals surface area contributed by atoms with Crippen LogP contribution in [0.2, 0.25) is 0 Å². The van der Waals surface area contributed by atoms with Gasteiger partial charge >= 0.3 is 0 Å². The normalized spacial score (nSPS) is 11.2. The van der Waals surface area contributed by atoms with Crippen LogP contribution >= 0.6 is 12.2 Å². The molecule has 0 aliphatic rings. The third-order valence-corrected chi connectivity index (χ3v) is 3.25. The zero-order chi connectivity index (χ0) is 14.9. The first-order valence-electron chi connectivity index (χ1n) is 6.68. The Kier molecular flexibility index (Phi) is 4.17. The van der Waals surface area contributed by atoms with Crippen molar-refractivity contribution in [2.45, 2.75) is 40.8 Å². The van der Waals surface area contributed by atoms with Crippen LogP contribution in [0, 0.1) is 17.6 Å². The lowest BCUT2D eigenvalue weighted by molar-refractivity contribution is 0.520. The van der Waals surface area contributed by atoms with E-state index in [1.165, 1.54) is 4.68 Å². The minimum atomic E-state index is -0.142. The van der Waals surface area contributed by atoms with Crippen molar-refractivity contribution in [1.82, 2.24) is 24.5 Å². The molecule has 0 aliphatic heterocycles. The van der Waals surface area contributed by atoms with Crippen molar-refractivity contribution >= 4 is 12.2 Å². The van der Waals surface area contributed by atoms with Gasteiger partial charge in [-0.3, -0.25) is 14.5 Å². The molecule has 0 saturated carbocycles. The molecule has 2 aromatic rings. The molecule has 0 bridgehead atoms. The highest BCUT2D eigenvalue weighted by Crippen LogP contribution is 2.15. The van der Waals surface area contributed by atoms with Gasteiger partial charge in [-0.15, -0.1) is 0 Å². The molecule has 7 heteroatoms. The zero-order valence-electron chi connectivity index (χ0n) is 12.2. The van der Waals surface area contributed by atoms with Gasteiger partial charge in [-0.1, -0.05) is 13.8 Å². The molecule has 0 amide bonds. The Labute approximate surface area is 122 Å². The summed E-state index contributed by atoms with van der Waals surface area (Å²) in [7, 11) is 0. The Balaban J connectivity index is 2.66. The molecule has 0 radical (unpaired) electrons. The second-order valence-electron chi connectivity index (χ2n) is 5.18. The highest BCUT2D eigenvalue weighted by molar-refractivity contribution is 7.71. The largest absolute Gasteiger partial charge is 0.300 e. The molecule has 0 aromatic carbocycles. The number of aromatic nitrogens is 5. The number of H-pyrrole nitrogens is 1. The van der Waals surface area contributed by atoms with Crippen LogP contribution in [-0.4, -0.2) is 24.5 Å². The first kappa shape index (κ1) is 14.6. The summed E-state index contributed by atoms with van der Waals surface area (Å²) in [5.41, 5.74) is 1.18. The molecule has 0 aliphatic carbocycles. The fraction of sp³-hybridized carbons (Fsp3) is 0.538. The van der Waals surface area contributed by atoms with E-state index in [0.717, 1.165) is 12.2 Å². The number of aromatic amines is 1. The molecule has 20 heavy (non-hydrogen) atoms. The Hall–Kier alpha value is -1.76. The van der Waals surface area contributed by atoms with Crippen LogP contribution in [0.15, 0.2) is 10.9 Å². The zero-order valence-corrected chi connectivity index (χ0v) is 13.0. The lowest BCUT2D eigenvalue weighted by Crippen LogP contribution is -2.25. The molecule has 108 valence electrons. The number of rotatable bonds is 4. The lowest BCUT2D eigenvalue weighted by atomic mass is 10.2. The summed E-state index contributed by atoms with van der Waals surface area (Å²) in [5.74, 6) is 0.996. The van der Waals surface area contributed by atoms with Crippen LogP contribution in [0.1, 0.15) is 26.5 Å². The van der Waals surface area contributed by atoms with Crippen LogP contribution in [0.25, 0.3) is 11.4 Å². The molecule has 0 spiro atoms. The Morgan fingerprint density at radius 2 is 2.15 bits per heavy atom. The fourth-order valence-electron chi connectivity index (χ4n) is 2.11. The van der Waals surface area contributed by atoms with E-state index in [9.17, 15) is 4.79 Å². The Morgan fingerprint density at radius 3 is 2.75 bits per heavy atom. The quantitative estimate of drug-likeness (QED) is 0.877. The van der Waals surface area contributed by atoms with E-state index in [1.54, 1.807) is 6.07 Å². The van der Waals surface area contributed by atoms with E-state index in [0.29, 0.717) is 28.6 Å². The van der Waals surface area contributed by atoms with Gasteiger partial charge in [0.05, 0.1) is 11.3 Å². The minimum absolute atomic E-state index is 0.142. The van der Waals surface area contributed by atoms with E-state index in [1.807, 2.05) is 18.4 Å². The molecular weight excluding hydrogens is 274 g/mol. The average molecular weight is 293 g/mol. The highest BCUT2D eigenvalue weighted by atomic mass is 32.1. The van der Waals surface area contributed by atoms with Crippen molar-refractivity contribution in [1.29, 1.82) is 0 Å². The maximum Gasteiger partial charge on any atom is 0.277 e. The van der Waals surface area contributed by atoms with Crippen molar-refractivity contribution < 1.29 is 0 Å². The summed E-state index contributed by atoms with van der Waals surface area (Å²) in [6.45, 7) is 9.20. The van der Waals surface area contributed by atoms with E-state index in [4.69, 9.17) is 12.2 Å². The van der Waals surface area contributed by atoms with Gasteiger partial charge in [-0.2, -0.15) is 10.2 Å². The van der Waals surface area contributed by atoms with E-state index < -0.39 is 0 Å². The van der Waals surface area contributed by atoms with Crippen molar-refractivity contribution in [3.8, 4) is 11.4 Å². The van der Waals surface area contributed by atoms with E-state index >= 15 is 0 Å². The third kappa shape index (κ3) is 2.72. The number of hydrogen-bond donors (Lipinski definition) is 1. The van der Waals surface area contributed by atoms with Gasteiger partial charge in [0.15, 0.2) is 10.6 Å². The Morgan fingerprint density at radius 1 is 1.45 bits per heavy atom. The maximum absolute atomic E-state index is 12.4. The Bertz CT molecular complexity index is 725. The van der Waals surface area contributed by atoms with Crippen molar-refractivity contribution in [2.75, 3.05) is 0 Å². The molecule has 0 unspecified atom stereocenters. The maximum atomic E-state index is 12.4. The molecule has 0 atom stereocenters. The molecular formula is C13H19N5OS. The molecule has 2 aromatic heterocycles. The predicted molar refractivity (Wildman–Crippen MR) is 80.2 cm³/mol. The SMILES string of the molecule is CCn1nc(C)cc(-c2n[nH]c(=S)n2CC(C)C)c1=O. The second-order valence-corrected chi connectivity index (χ2v) is 5.56. The molecule has 2 rings (SSSR count). The van der Waals surface area contributed by atoms with Gasteiger partial charge in [-0.25, -0.2) is 4.68 Å². The third-order valence-electron chi connectivity index (χ3n) is 2.94. The van der Waals surface area contributed by atoms with Crippen molar-refractivity contribution in [3.63, 3.8) is 0 Å². The van der Waals surface area contributed by atoms with E-state index in [-0.39, 0.29) is 5.56 Å². The molecule has 1 N–H and O–H groups in total. The van der Waals surface area contributed by atoms with E-state index in [2.05, 4.69) is 29.1 Å². The van der Waals surface area contributed by atoms with Crippen LogP contribution in [0.3, 0.4) is 0 Å². The van der Waals surface area contributed by atoms with Gasteiger partial charge in [0.2, 0.25) is 0 Å². The number of nitrogens with one attached hydrogen (secondary N) is 1. The summed E-state index contributed by atoms with van der Waals surface area (Å²) in [6.07, 6.45) is 0. The van der Waals surface area contributed by atoms with Crippen LogP contribution in [0.4, 0.5) is 0 Å². The predicted octanol–water partition coefficient (Wildman–Crippen LogP) is 2.15. The number of aryl methyl sites for hydroxylation is 2. The molecule has 0 saturated heterocycles. The number of nitrogens with zero attached hydrogens (tertiary/aromatic N) is 4. The minimum Gasteiger partial charge on any atom is -0.300 e. The lowest BCUT2D eigenvalue weighted by Gasteiger charge is -2.10. The summed E-state index contributed by atoms with van der Waals surface area (Å²) in [5, 5.41) is 11.2. The van der Waals surface area contributed by atoms with Crippen LogP contribution < -0.4 is 5.56 Å².